The van der Waals surface area contributed by atoms with E-state index >= 15 is 0 Å². The molecule has 16 atom stereocenters. The minimum absolute atomic E-state index is 0.0229. The van der Waals surface area contributed by atoms with Gasteiger partial charge in [-0.2, -0.15) is 0 Å². The van der Waals surface area contributed by atoms with E-state index in [0.717, 1.165) is 0 Å². The largest absolute Gasteiger partial charge is 0.458 e. The van der Waals surface area contributed by atoms with Crippen molar-refractivity contribution in [3.05, 3.63) is 48.2 Å². The summed E-state index contributed by atoms with van der Waals surface area (Å²) in [5.41, 5.74) is 0.524. The number of cyclic esters (lactones) is 1. The Balaban J connectivity index is 2.43. The lowest BCUT2D eigenvalue weighted by Gasteiger charge is -2.39. The third-order valence-corrected chi connectivity index (χ3v) is 12.4. The van der Waals surface area contributed by atoms with Crippen LogP contribution in [0.15, 0.2) is 48.2 Å². The van der Waals surface area contributed by atoms with Gasteiger partial charge in [0.05, 0.1) is 61.5 Å². The van der Waals surface area contributed by atoms with Gasteiger partial charge in [-0.1, -0.05) is 70.6 Å². The summed E-state index contributed by atoms with van der Waals surface area (Å²) in [7, 11) is 7.87. The number of Topliss-reactive ketones (excluding diaryl/α,β-unsaturated/α-hetero) is 1. The number of methoxy groups -OCH3 is 4. The van der Waals surface area contributed by atoms with Crippen LogP contribution in [0.25, 0.3) is 0 Å². The van der Waals surface area contributed by atoms with Gasteiger partial charge in [0.15, 0.2) is 0 Å². The van der Waals surface area contributed by atoms with Crippen LogP contribution >= 0.6 is 0 Å². The highest BCUT2D eigenvalue weighted by Crippen LogP contribution is 2.34. The first kappa shape index (κ1) is 52.3. The maximum Gasteiger partial charge on any atom is 0.331 e. The molecule has 2 heterocycles. The number of amides is 1. The summed E-state index contributed by atoms with van der Waals surface area (Å²) in [6, 6.07) is 0. The lowest BCUT2D eigenvalue weighted by atomic mass is 9.78. The molecule has 0 fully saturated rings. The SMILES string of the molecule is CO[C@H]([C@H](C)/C=C/N(C)C=O)[C@@H](C)C(=O)CC[C@H](C)[C@H](O)[C@H](C)[C@H]1OC(=O)/C=C/C(C)=C/[C@H](O)[C@H](O)C[C@@H]2C=CC[C@@H](C[C@H](OC)[C@@H](CO)[C@@H](OC)C[C@@H](OC)[C@@H]1C)O2. The molecule has 0 spiro atoms. The van der Waals surface area contributed by atoms with Crippen molar-refractivity contribution >= 4 is 18.2 Å². The van der Waals surface area contributed by atoms with Crippen LogP contribution in [-0.2, 0) is 42.8 Å². The summed E-state index contributed by atoms with van der Waals surface area (Å²) in [5.74, 6) is -3.27. The number of carbonyl (C=O) groups excluding carboxylic acids is 3. The number of aliphatic hydroxyl groups is 4. The highest BCUT2D eigenvalue weighted by atomic mass is 16.5. The summed E-state index contributed by atoms with van der Waals surface area (Å²) in [6.07, 6.45) is 7.27. The van der Waals surface area contributed by atoms with Gasteiger partial charge in [-0.15, -0.1) is 0 Å². The first-order valence-corrected chi connectivity index (χ1v) is 21.0. The van der Waals surface area contributed by atoms with Crippen LogP contribution in [0, 0.1) is 35.5 Å². The molecule has 2 aliphatic heterocycles. The Bertz CT molecular complexity index is 1390. The van der Waals surface area contributed by atoms with Gasteiger partial charge in [0, 0.05) is 103 Å². The molecule has 0 aromatic heterocycles. The van der Waals surface area contributed by atoms with Crippen molar-refractivity contribution < 1.29 is 63.2 Å². The number of hydrogen-bond acceptors (Lipinski definition) is 13. The van der Waals surface area contributed by atoms with Gasteiger partial charge >= 0.3 is 5.97 Å². The number of hydrogen-bond donors (Lipinski definition) is 4. The van der Waals surface area contributed by atoms with E-state index in [9.17, 15) is 34.8 Å². The van der Waals surface area contributed by atoms with E-state index in [1.165, 1.54) is 23.1 Å². The molecular formula is C45H75NO13. The number of esters is 1. The maximum absolute atomic E-state index is 13.5. The van der Waals surface area contributed by atoms with Gasteiger partial charge in [-0.25, -0.2) is 4.79 Å². The molecule has 0 unspecified atom stereocenters. The van der Waals surface area contributed by atoms with Crippen molar-refractivity contribution in [3.63, 3.8) is 0 Å². The van der Waals surface area contributed by atoms with Gasteiger partial charge < -0.3 is 53.7 Å². The maximum atomic E-state index is 13.5. The zero-order chi connectivity index (χ0) is 44.4. The summed E-state index contributed by atoms with van der Waals surface area (Å²) >= 11 is 0. The lowest BCUT2D eigenvalue weighted by Crippen LogP contribution is -2.47. The first-order chi connectivity index (χ1) is 28.0. The third kappa shape index (κ3) is 16.2. The molecule has 338 valence electrons. The number of allylic oxidation sites excluding steroid dienone is 2. The number of carbonyl (C=O) groups is 3. The Morgan fingerprint density at radius 2 is 1.64 bits per heavy atom. The van der Waals surface area contributed by atoms with Crippen LogP contribution in [0.2, 0.25) is 0 Å². The van der Waals surface area contributed by atoms with E-state index < -0.39 is 84.6 Å². The van der Waals surface area contributed by atoms with E-state index in [2.05, 4.69) is 0 Å². The molecule has 14 nitrogen and oxygen atoms in total. The van der Waals surface area contributed by atoms with Gasteiger partial charge in [0.1, 0.15) is 11.9 Å². The molecule has 2 rings (SSSR count). The van der Waals surface area contributed by atoms with E-state index in [-0.39, 0.29) is 43.2 Å². The lowest BCUT2D eigenvalue weighted by molar-refractivity contribution is -0.159. The molecule has 0 radical (unpaired) electrons. The number of ether oxygens (including phenoxy) is 6. The Morgan fingerprint density at radius 1 is 1.00 bits per heavy atom. The third-order valence-electron chi connectivity index (χ3n) is 12.4. The predicted molar refractivity (Wildman–Crippen MR) is 224 cm³/mol. The Morgan fingerprint density at radius 3 is 2.24 bits per heavy atom. The topological polar surface area (TPSA) is 191 Å². The fourth-order valence-electron chi connectivity index (χ4n) is 8.44. The van der Waals surface area contributed by atoms with Crippen LogP contribution < -0.4 is 0 Å². The van der Waals surface area contributed by atoms with Gasteiger partial charge in [-0.3, -0.25) is 9.59 Å². The van der Waals surface area contributed by atoms with Crippen LogP contribution in [-0.4, -0.2) is 147 Å². The van der Waals surface area contributed by atoms with Crippen LogP contribution in [0.4, 0.5) is 0 Å². The molecule has 59 heavy (non-hydrogen) atoms. The zero-order valence-corrected chi connectivity index (χ0v) is 37.2. The molecule has 14 heteroatoms. The van der Waals surface area contributed by atoms with Gasteiger partial charge in [0.2, 0.25) is 6.41 Å². The average Bonchev–Trinajstić information content (AvgIpc) is 3.22. The first-order valence-electron chi connectivity index (χ1n) is 21.0. The molecule has 4 N–H and O–H groups in total. The van der Waals surface area contributed by atoms with E-state index in [4.69, 9.17) is 28.4 Å². The minimum atomic E-state index is -1.23. The van der Waals surface area contributed by atoms with Gasteiger partial charge in [0.25, 0.3) is 0 Å². The van der Waals surface area contributed by atoms with Crippen LogP contribution in [0.1, 0.15) is 80.1 Å². The molecule has 0 saturated carbocycles. The second-order valence-electron chi connectivity index (χ2n) is 16.7. The summed E-state index contributed by atoms with van der Waals surface area (Å²) in [6.45, 7) is 10.7. The monoisotopic (exact) mass is 838 g/mol. The van der Waals surface area contributed by atoms with Crippen molar-refractivity contribution in [2.75, 3.05) is 42.1 Å². The summed E-state index contributed by atoms with van der Waals surface area (Å²) < 4.78 is 36.1. The predicted octanol–water partition coefficient (Wildman–Crippen LogP) is 4.18. The summed E-state index contributed by atoms with van der Waals surface area (Å²) in [4.78, 5) is 39.4. The van der Waals surface area contributed by atoms with E-state index in [0.29, 0.717) is 37.7 Å². The highest BCUT2D eigenvalue weighted by Gasteiger charge is 2.41. The number of aliphatic hydroxyl groups excluding tert-OH is 4. The summed E-state index contributed by atoms with van der Waals surface area (Å²) in [5, 5.41) is 44.2. The molecule has 2 bridgehead atoms. The fraction of sp³-hybridized carbons (Fsp3) is 0.756. The molecule has 0 aromatic carbocycles. The van der Waals surface area contributed by atoms with Crippen molar-refractivity contribution in [3.8, 4) is 0 Å². The zero-order valence-electron chi connectivity index (χ0n) is 37.2. The van der Waals surface area contributed by atoms with Crippen molar-refractivity contribution in [2.24, 2.45) is 35.5 Å². The molecule has 2 aliphatic rings. The Labute approximate surface area is 352 Å². The van der Waals surface area contributed by atoms with E-state index in [1.54, 1.807) is 55.5 Å². The van der Waals surface area contributed by atoms with Crippen molar-refractivity contribution in [2.45, 2.75) is 141 Å². The molecule has 0 aromatic rings. The Hall–Kier alpha value is -2.79. The van der Waals surface area contributed by atoms with Crippen molar-refractivity contribution in [1.29, 1.82) is 0 Å². The molecule has 0 aliphatic carbocycles. The number of ketones is 1. The fourth-order valence-corrected chi connectivity index (χ4v) is 8.44. The van der Waals surface area contributed by atoms with Crippen molar-refractivity contribution in [1.82, 2.24) is 4.90 Å². The van der Waals surface area contributed by atoms with Gasteiger partial charge in [-0.05, 0) is 25.7 Å². The van der Waals surface area contributed by atoms with E-state index in [1.807, 2.05) is 45.9 Å². The van der Waals surface area contributed by atoms with Crippen LogP contribution in [0.5, 0.6) is 0 Å². The number of rotatable bonds is 17. The molecular weight excluding hydrogens is 762 g/mol. The van der Waals surface area contributed by atoms with Crippen LogP contribution in [0.3, 0.4) is 0 Å². The molecule has 1 amide bonds. The minimum Gasteiger partial charge on any atom is -0.458 e. The molecule has 0 saturated heterocycles. The quantitative estimate of drug-likeness (QED) is 0.0929. The second kappa shape index (κ2) is 26.5. The number of nitrogens with zero attached hydrogens (tertiary/aromatic N) is 1. The second-order valence-corrected chi connectivity index (χ2v) is 16.7. The Kier molecular flexibility index (Phi) is 23.5. The normalized spacial score (nSPS) is 33.7. The smallest absolute Gasteiger partial charge is 0.331 e. The standard InChI is InChI=1S/C45H75NO13/c1-27-15-18-42(52)59-45(32(6)43(53)28(2)16-17-36(49)30(4)44(57-11)29(3)19-20-46(7)26-48)31(5)39(54-8)24-41(56-10)35(25-47)40(55-9)23-34-14-12-13-33(58-34)22-38(51)37(50)21-27/h12-13,15,18-21,26,28-35,37-41,43-45,47,50-51,53H,14,16-17,22-25H2,1-11H3/b18-15+,20-19+,27-21+/t28-,29+,30-,31-,32-,33-,34-,35+,37-,38+,39+,40-,41-,43-,44+,45-/m0/s1. The number of fused-ring (bicyclic) bond motifs is 2. The average molecular weight is 838 g/mol. The highest BCUT2D eigenvalue weighted by molar-refractivity contribution is 5.82.